The number of hydrogen-bond acceptors (Lipinski definition) is 9. The van der Waals surface area contributed by atoms with Crippen LogP contribution in [0.4, 0.5) is 17.5 Å². The maximum atomic E-state index is 10.5. The molecule has 2 fully saturated rings. The van der Waals surface area contributed by atoms with Crippen LogP contribution in [0.5, 0.6) is 5.75 Å². The summed E-state index contributed by atoms with van der Waals surface area (Å²) in [6.07, 6.45) is 3.75. The molecular weight excluding hydrogens is 488 g/mol. The second-order valence-electron chi connectivity index (χ2n) is 11.2. The number of nitriles is 1. The van der Waals surface area contributed by atoms with Crippen molar-refractivity contribution in [2.75, 3.05) is 68.1 Å². The topological polar surface area (TPSA) is 94.8 Å². The lowest BCUT2D eigenvalue weighted by atomic mass is 10.0. The molecule has 3 aliphatic heterocycles. The van der Waals surface area contributed by atoms with Crippen molar-refractivity contribution in [3.8, 4) is 11.8 Å². The fraction of sp³-hybridized carbons (Fsp3) is 0.500. The first-order valence-corrected chi connectivity index (χ1v) is 14.1. The quantitative estimate of drug-likeness (QED) is 0.502. The Labute approximate surface area is 230 Å². The molecule has 0 aliphatic carbocycles. The molecule has 204 valence electrons. The highest BCUT2D eigenvalue weighted by molar-refractivity contribution is 5.95. The van der Waals surface area contributed by atoms with Crippen LogP contribution in [-0.2, 0) is 13.0 Å². The van der Waals surface area contributed by atoms with Crippen LogP contribution < -0.4 is 20.0 Å². The molecule has 2 N–H and O–H groups in total. The van der Waals surface area contributed by atoms with Gasteiger partial charge in [0.25, 0.3) is 0 Å². The first-order valence-electron chi connectivity index (χ1n) is 14.1. The number of anilines is 3. The molecule has 0 bridgehead atoms. The molecule has 3 aliphatic rings. The van der Waals surface area contributed by atoms with Crippen LogP contribution in [0.25, 0.3) is 10.8 Å². The predicted octanol–water partition coefficient (Wildman–Crippen LogP) is 3.12. The van der Waals surface area contributed by atoms with Crippen molar-refractivity contribution in [2.24, 2.45) is 0 Å². The summed E-state index contributed by atoms with van der Waals surface area (Å²) in [6, 6.07) is 14.9. The molecular formula is C30H38N8O. The first kappa shape index (κ1) is 25.7. The van der Waals surface area contributed by atoms with E-state index in [4.69, 9.17) is 9.97 Å². The zero-order valence-corrected chi connectivity index (χ0v) is 23.0. The van der Waals surface area contributed by atoms with Gasteiger partial charge >= 0.3 is 0 Å². The molecule has 2 atom stereocenters. The van der Waals surface area contributed by atoms with Gasteiger partial charge in [-0.3, -0.25) is 0 Å². The van der Waals surface area contributed by atoms with E-state index in [-0.39, 0.29) is 11.8 Å². The van der Waals surface area contributed by atoms with Crippen molar-refractivity contribution in [3.63, 3.8) is 0 Å². The molecule has 0 saturated carbocycles. The van der Waals surface area contributed by atoms with Crippen LogP contribution in [-0.4, -0.2) is 85.4 Å². The SMILES string of the molecule is CN(C[C@@H]1CCCN1C)c1nc2c(c(N3CCN[C@@H](CC#N)C3)n1)CCN(c1cc(O)cc3ccccc13)C2. The maximum absolute atomic E-state index is 10.5. The number of phenolic OH excluding ortho intramolecular Hbond substituents is 1. The third kappa shape index (κ3) is 5.19. The highest BCUT2D eigenvalue weighted by Gasteiger charge is 2.30. The van der Waals surface area contributed by atoms with E-state index in [2.05, 4.69) is 57.2 Å². The van der Waals surface area contributed by atoms with Gasteiger partial charge in [-0.25, -0.2) is 4.98 Å². The molecule has 0 radical (unpaired) electrons. The number of likely N-dealkylation sites (tertiary alicyclic amines) is 1. The van der Waals surface area contributed by atoms with Crippen LogP contribution in [0.3, 0.4) is 0 Å². The largest absolute Gasteiger partial charge is 0.508 e. The van der Waals surface area contributed by atoms with Gasteiger partial charge in [-0.05, 0) is 44.3 Å². The summed E-state index contributed by atoms with van der Waals surface area (Å²) >= 11 is 0. The smallest absolute Gasteiger partial charge is 0.227 e. The fourth-order valence-corrected chi connectivity index (χ4v) is 6.44. The van der Waals surface area contributed by atoms with Gasteiger partial charge in [0.2, 0.25) is 5.95 Å². The van der Waals surface area contributed by atoms with Gasteiger partial charge in [0.15, 0.2) is 0 Å². The third-order valence-corrected chi connectivity index (χ3v) is 8.59. The fourth-order valence-electron chi connectivity index (χ4n) is 6.44. The first-order chi connectivity index (χ1) is 19.0. The van der Waals surface area contributed by atoms with E-state index in [1.54, 1.807) is 0 Å². The summed E-state index contributed by atoms with van der Waals surface area (Å²) in [6.45, 7) is 6.00. The van der Waals surface area contributed by atoms with E-state index in [0.717, 1.165) is 79.6 Å². The number of rotatable bonds is 6. The maximum Gasteiger partial charge on any atom is 0.227 e. The van der Waals surface area contributed by atoms with Crippen LogP contribution in [0, 0.1) is 11.3 Å². The van der Waals surface area contributed by atoms with Gasteiger partial charge in [0.1, 0.15) is 11.6 Å². The number of piperazine rings is 1. The van der Waals surface area contributed by atoms with Gasteiger partial charge < -0.3 is 30.0 Å². The van der Waals surface area contributed by atoms with E-state index >= 15 is 0 Å². The number of nitrogens with zero attached hydrogens (tertiary/aromatic N) is 7. The lowest BCUT2D eigenvalue weighted by molar-refractivity contribution is 0.313. The van der Waals surface area contributed by atoms with E-state index < -0.39 is 0 Å². The number of aromatic nitrogens is 2. The van der Waals surface area contributed by atoms with Gasteiger partial charge in [-0.15, -0.1) is 0 Å². The summed E-state index contributed by atoms with van der Waals surface area (Å²) in [4.78, 5) is 19.7. The molecule has 0 spiro atoms. The van der Waals surface area contributed by atoms with Crippen LogP contribution >= 0.6 is 0 Å². The van der Waals surface area contributed by atoms with E-state index in [1.165, 1.54) is 18.4 Å². The Morgan fingerprint density at radius 1 is 1.15 bits per heavy atom. The standard InChI is InChI=1S/C30H38N8O/c1-35-13-5-7-23(35)19-36(2)30-33-27-20-37(28-17-24(39)16-21-6-3-4-8-25(21)28)14-10-26(27)29(34-30)38-15-12-32-22(18-38)9-11-31/h3-4,6,8,16-17,22-23,32,39H,5,7,9-10,12-15,18-20H2,1-2H3/t22-,23-/m0/s1. The number of phenols is 1. The summed E-state index contributed by atoms with van der Waals surface area (Å²) in [5, 5.41) is 25.5. The van der Waals surface area contributed by atoms with Gasteiger partial charge in [-0.2, -0.15) is 10.2 Å². The van der Waals surface area contributed by atoms with Gasteiger partial charge in [0.05, 0.1) is 24.7 Å². The molecule has 0 amide bonds. The molecule has 9 heteroatoms. The Morgan fingerprint density at radius 3 is 2.85 bits per heavy atom. The summed E-state index contributed by atoms with van der Waals surface area (Å²) in [5.74, 6) is 2.07. The predicted molar refractivity (Wildman–Crippen MR) is 156 cm³/mol. The molecule has 2 saturated heterocycles. The normalized spacial score (nSPS) is 21.7. The number of benzene rings is 2. The Kier molecular flexibility index (Phi) is 7.15. The Balaban J connectivity index is 1.36. The molecule has 0 unspecified atom stereocenters. The monoisotopic (exact) mass is 526 g/mol. The molecule has 9 nitrogen and oxygen atoms in total. The van der Waals surface area contributed by atoms with Gasteiger partial charge in [-0.1, -0.05) is 24.3 Å². The van der Waals surface area contributed by atoms with Crippen LogP contribution in [0.2, 0.25) is 0 Å². The zero-order chi connectivity index (χ0) is 26.9. The van der Waals surface area contributed by atoms with Crippen molar-refractivity contribution in [3.05, 3.63) is 47.7 Å². The number of fused-ring (bicyclic) bond motifs is 2. The van der Waals surface area contributed by atoms with Crippen molar-refractivity contribution < 1.29 is 5.11 Å². The van der Waals surface area contributed by atoms with Crippen molar-refractivity contribution in [2.45, 2.75) is 44.3 Å². The molecule has 4 heterocycles. The third-order valence-electron chi connectivity index (χ3n) is 8.59. The molecule has 3 aromatic rings. The minimum Gasteiger partial charge on any atom is -0.508 e. The van der Waals surface area contributed by atoms with Crippen LogP contribution in [0.15, 0.2) is 36.4 Å². The summed E-state index contributed by atoms with van der Waals surface area (Å²) in [7, 11) is 4.31. The molecule has 39 heavy (non-hydrogen) atoms. The lowest BCUT2D eigenvalue weighted by Crippen LogP contribution is -2.51. The minimum absolute atomic E-state index is 0.140. The average molecular weight is 527 g/mol. The average Bonchev–Trinajstić information content (AvgIpc) is 3.35. The van der Waals surface area contributed by atoms with E-state index in [9.17, 15) is 10.4 Å². The summed E-state index contributed by atoms with van der Waals surface area (Å²) in [5.41, 5.74) is 3.30. The molecule has 1 aromatic heterocycles. The number of aromatic hydroxyl groups is 1. The number of nitrogens with one attached hydrogen (secondary N) is 1. The number of likely N-dealkylation sites (N-methyl/N-ethyl adjacent to an activating group) is 2. The zero-order valence-electron chi connectivity index (χ0n) is 23.0. The van der Waals surface area contributed by atoms with E-state index in [1.807, 2.05) is 24.3 Å². The van der Waals surface area contributed by atoms with Crippen molar-refractivity contribution in [1.29, 1.82) is 5.26 Å². The van der Waals surface area contributed by atoms with E-state index in [0.29, 0.717) is 19.0 Å². The highest BCUT2D eigenvalue weighted by Crippen LogP contribution is 2.36. The second kappa shape index (κ2) is 10.9. The van der Waals surface area contributed by atoms with Crippen molar-refractivity contribution in [1.82, 2.24) is 20.2 Å². The van der Waals surface area contributed by atoms with Crippen molar-refractivity contribution >= 4 is 28.2 Å². The number of hydrogen-bond donors (Lipinski definition) is 2. The Hall–Kier alpha value is -3.61. The Morgan fingerprint density at radius 2 is 2.03 bits per heavy atom. The second-order valence-corrected chi connectivity index (χ2v) is 11.2. The minimum atomic E-state index is 0.140. The molecule has 2 aromatic carbocycles. The molecule has 6 rings (SSSR count). The lowest BCUT2D eigenvalue weighted by Gasteiger charge is -2.38. The highest BCUT2D eigenvalue weighted by atomic mass is 16.3. The van der Waals surface area contributed by atoms with Gasteiger partial charge in [0, 0.05) is 74.6 Å². The summed E-state index contributed by atoms with van der Waals surface area (Å²) < 4.78 is 0. The Bertz CT molecular complexity index is 1390. The van der Waals surface area contributed by atoms with Crippen LogP contribution in [0.1, 0.15) is 30.5 Å².